The van der Waals surface area contributed by atoms with E-state index in [9.17, 15) is 13.2 Å². The van der Waals surface area contributed by atoms with Gasteiger partial charge < -0.3 is 14.4 Å². The molecule has 1 amide bonds. The van der Waals surface area contributed by atoms with Crippen molar-refractivity contribution >= 4 is 44.8 Å². The van der Waals surface area contributed by atoms with E-state index in [1.807, 2.05) is 38.1 Å². The molecule has 0 aliphatic carbocycles. The zero-order valence-corrected chi connectivity index (χ0v) is 24.3. The van der Waals surface area contributed by atoms with Crippen LogP contribution in [0.15, 0.2) is 95.9 Å². The third-order valence-electron chi connectivity index (χ3n) is 6.04. The summed E-state index contributed by atoms with van der Waals surface area (Å²) in [6.45, 7) is 4.75. The Labute approximate surface area is 244 Å². The van der Waals surface area contributed by atoms with Crippen LogP contribution in [0.3, 0.4) is 0 Å². The fourth-order valence-corrected chi connectivity index (χ4v) is 5.31. The zero-order valence-electron chi connectivity index (χ0n) is 21.9. The first-order chi connectivity index (χ1) is 19.2. The normalized spacial score (nSPS) is 11.1. The highest BCUT2D eigenvalue weighted by atomic mass is 35.5. The third-order valence-corrected chi connectivity index (χ3v) is 7.96. The van der Waals surface area contributed by atoms with Crippen molar-refractivity contribution in [3.63, 3.8) is 0 Å². The molecule has 4 aromatic rings. The SMILES string of the molecule is CCN(CCOc1ccccc1C)C(=O)c1cc(Cl)ccc1NS(=O)(=O)c1ccc(Oc2ccccc2Cl)cc1. The molecule has 0 aliphatic rings. The van der Waals surface area contributed by atoms with Gasteiger partial charge in [-0.25, -0.2) is 8.42 Å². The summed E-state index contributed by atoms with van der Waals surface area (Å²) in [7, 11) is -4.04. The average molecular weight is 600 g/mol. The van der Waals surface area contributed by atoms with Gasteiger partial charge in [0.15, 0.2) is 0 Å². The van der Waals surface area contributed by atoms with Gasteiger partial charge in [0.2, 0.25) is 0 Å². The van der Waals surface area contributed by atoms with E-state index in [-0.39, 0.29) is 28.7 Å². The lowest BCUT2D eigenvalue weighted by atomic mass is 10.1. The lowest BCUT2D eigenvalue weighted by Gasteiger charge is -2.23. The van der Waals surface area contributed by atoms with Crippen LogP contribution >= 0.6 is 23.2 Å². The number of amides is 1. The van der Waals surface area contributed by atoms with E-state index < -0.39 is 10.0 Å². The predicted octanol–water partition coefficient (Wildman–Crippen LogP) is 7.44. The largest absolute Gasteiger partial charge is 0.491 e. The molecule has 0 aromatic heterocycles. The molecule has 0 heterocycles. The Morgan fingerprint density at radius 1 is 0.900 bits per heavy atom. The van der Waals surface area contributed by atoms with Crippen LogP contribution in [-0.4, -0.2) is 38.9 Å². The van der Waals surface area contributed by atoms with E-state index >= 15 is 0 Å². The number of carbonyl (C=O) groups is 1. The molecule has 0 aliphatic heterocycles. The molecule has 1 N–H and O–H groups in total. The molecule has 0 bridgehead atoms. The van der Waals surface area contributed by atoms with Crippen LogP contribution in [0.4, 0.5) is 5.69 Å². The van der Waals surface area contributed by atoms with E-state index in [1.165, 1.54) is 42.5 Å². The Morgan fingerprint density at radius 3 is 2.25 bits per heavy atom. The van der Waals surface area contributed by atoms with Gasteiger partial charge in [0, 0.05) is 11.6 Å². The summed E-state index contributed by atoms with van der Waals surface area (Å²) in [6.07, 6.45) is 0. The standard InChI is InChI=1S/C30H28Cl2N2O5S/c1-3-34(18-19-38-28-10-6-4-8-21(28)2)30(35)25-20-22(31)12-17-27(25)33-40(36,37)24-15-13-23(14-16-24)39-29-11-7-5-9-26(29)32/h4-17,20,33H,3,18-19H2,1-2H3. The lowest BCUT2D eigenvalue weighted by molar-refractivity contribution is 0.0740. The summed E-state index contributed by atoms with van der Waals surface area (Å²) >= 11 is 12.3. The topological polar surface area (TPSA) is 84.9 Å². The van der Waals surface area contributed by atoms with E-state index in [4.69, 9.17) is 32.7 Å². The van der Waals surface area contributed by atoms with Crippen LogP contribution in [0.25, 0.3) is 0 Å². The van der Waals surface area contributed by atoms with Crippen molar-refractivity contribution in [3.05, 3.63) is 112 Å². The first-order valence-electron chi connectivity index (χ1n) is 12.5. The number of hydrogen-bond acceptors (Lipinski definition) is 5. The number of sulfonamides is 1. The maximum Gasteiger partial charge on any atom is 0.261 e. The number of aryl methyl sites for hydroxylation is 1. The van der Waals surface area contributed by atoms with Gasteiger partial charge in [-0.05, 0) is 80.1 Å². The summed E-state index contributed by atoms with van der Waals surface area (Å²) in [5, 5.41) is 0.739. The van der Waals surface area contributed by atoms with Gasteiger partial charge in [-0.15, -0.1) is 0 Å². The molecule has 4 rings (SSSR count). The van der Waals surface area contributed by atoms with Gasteiger partial charge in [0.25, 0.3) is 15.9 Å². The highest BCUT2D eigenvalue weighted by Gasteiger charge is 2.23. The fraction of sp³-hybridized carbons (Fsp3) is 0.167. The van der Waals surface area contributed by atoms with Crippen molar-refractivity contribution in [3.8, 4) is 17.2 Å². The minimum Gasteiger partial charge on any atom is -0.491 e. The van der Waals surface area contributed by atoms with Crippen LogP contribution in [0.5, 0.6) is 17.2 Å². The first kappa shape index (κ1) is 29.3. The molecule has 0 fully saturated rings. The van der Waals surface area contributed by atoms with Crippen LogP contribution in [-0.2, 0) is 10.0 Å². The van der Waals surface area contributed by atoms with Crippen LogP contribution < -0.4 is 14.2 Å². The Balaban J connectivity index is 1.49. The van der Waals surface area contributed by atoms with Crippen molar-refractivity contribution in [1.82, 2.24) is 4.90 Å². The first-order valence-corrected chi connectivity index (χ1v) is 14.7. The Kier molecular flexibility index (Phi) is 9.58. The van der Waals surface area contributed by atoms with Gasteiger partial charge in [0.1, 0.15) is 23.9 Å². The highest BCUT2D eigenvalue weighted by molar-refractivity contribution is 7.92. The summed E-state index contributed by atoms with van der Waals surface area (Å²) < 4.78 is 40.6. The fourth-order valence-electron chi connectivity index (χ4n) is 3.89. The highest BCUT2D eigenvalue weighted by Crippen LogP contribution is 2.30. The van der Waals surface area contributed by atoms with E-state index in [0.717, 1.165) is 11.3 Å². The molecule has 4 aromatic carbocycles. The molecule has 0 saturated carbocycles. The molecular formula is C30H28Cl2N2O5S. The molecule has 0 atom stereocenters. The predicted molar refractivity (Wildman–Crippen MR) is 158 cm³/mol. The second-order valence-corrected chi connectivity index (χ2v) is 11.3. The van der Waals surface area contributed by atoms with Crippen LogP contribution in [0.1, 0.15) is 22.8 Å². The summed E-state index contributed by atoms with van der Waals surface area (Å²) in [4.78, 5) is 15.0. The minimum absolute atomic E-state index is 0.00802. The number of nitrogens with one attached hydrogen (secondary N) is 1. The van der Waals surface area contributed by atoms with Crippen LogP contribution in [0, 0.1) is 6.92 Å². The maximum atomic E-state index is 13.5. The maximum absolute atomic E-state index is 13.5. The number of hydrogen-bond donors (Lipinski definition) is 1. The molecule has 10 heteroatoms. The zero-order chi connectivity index (χ0) is 28.7. The van der Waals surface area contributed by atoms with Gasteiger partial charge in [-0.2, -0.15) is 0 Å². The molecule has 0 spiro atoms. The van der Waals surface area contributed by atoms with Gasteiger partial charge in [-0.1, -0.05) is 53.5 Å². The van der Waals surface area contributed by atoms with Crippen molar-refractivity contribution < 1.29 is 22.7 Å². The van der Waals surface area contributed by atoms with E-state index in [0.29, 0.717) is 34.6 Å². The number of anilines is 1. The second-order valence-electron chi connectivity index (χ2n) is 8.80. The number of rotatable bonds is 11. The van der Waals surface area contributed by atoms with Crippen molar-refractivity contribution in [2.45, 2.75) is 18.7 Å². The van der Waals surface area contributed by atoms with E-state index in [2.05, 4.69) is 4.72 Å². The molecule has 40 heavy (non-hydrogen) atoms. The number of halogens is 2. The van der Waals surface area contributed by atoms with E-state index in [1.54, 1.807) is 29.2 Å². The van der Waals surface area contributed by atoms with Crippen LogP contribution in [0.2, 0.25) is 10.0 Å². The number of nitrogens with zero attached hydrogens (tertiary/aromatic N) is 1. The number of para-hydroxylation sites is 2. The number of carbonyl (C=O) groups excluding carboxylic acids is 1. The van der Waals surface area contributed by atoms with Crippen molar-refractivity contribution in [1.29, 1.82) is 0 Å². The minimum atomic E-state index is -4.04. The quantitative estimate of drug-likeness (QED) is 0.194. The van der Waals surface area contributed by atoms with Crippen molar-refractivity contribution in [2.75, 3.05) is 24.4 Å². The van der Waals surface area contributed by atoms with Gasteiger partial charge >= 0.3 is 0 Å². The smallest absolute Gasteiger partial charge is 0.261 e. The summed E-state index contributed by atoms with van der Waals surface area (Å²) in [5.41, 5.74) is 1.24. The molecular weight excluding hydrogens is 571 g/mol. The van der Waals surface area contributed by atoms with Gasteiger partial charge in [0.05, 0.1) is 27.7 Å². The van der Waals surface area contributed by atoms with Crippen molar-refractivity contribution in [2.24, 2.45) is 0 Å². The molecule has 0 radical (unpaired) electrons. The molecule has 7 nitrogen and oxygen atoms in total. The Bertz CT molecular complexity index is 1590. The molecule has 208 valence electrons. The molecule has 0 unspecified atom stereocenters. The van der Waals surface area contributed by atoms with Gasteiger partial charge in [-0.3, -0.25) is 9.52 Å². The Morgan fingerprint density at radius 2 is 1.57 bits per heavy atom. The monoisotopic (exact) mass is 598 g/mol. The number of ether oxygens (including phenoxy) is 2. The average Bonchev–Trinajstić information content (AvgIpc) is 2.94. The summed E-state index contributed by atoms with van der Waals surface area (Å²) in [6, 6.07) is 24.9. The number of benzene rings is 4. The Hall–Kier alpha value is -3.72. The third kappa shape index (κ3) is 7.27. The second kappa shape index (κ2) is 13.1. The number of likely N-dealkylation sites (N-methyl/N-ethyl adjacent to an activating group) is 1. The summed E-state index contributed by atoms with van der Waals surface area (Å²) in [5.74, 6) is 1.23. The molecule has 0 saturated heterocycles. The lowest BCUT2D eigenvalue weighted by Crippen LogP contribution is -2.35.